The number of rotatable bonds is 7. The molecule has 1 aromatic carbocycles. The van der Waals surface area contributed by atoms with Gasteiger partial charge in [0.05, 0.1) is 13.7 Å². The van der Waals surface area contributed by atoms with E-state index in [0.717, 1.165) is 17.7 Å². The molecule has 0 saturated carbocycles. The molecular weight excluding hydrogens is 268 g/mol. The fourth-order valence-electron chi connectivity index (χ4n) is 3.03. The van der Waals surface area contributed by atoms with E-state index in [1.165, 1.54) is 0 Å². The summed E-state index contributed by atoms with van der Waals surface area (Å²) in [6.07, 6.45) is 2.19. The summed E-state index contributed by atoms with van der Waals surface area (Å²) >= 11 is 0. The molecule has 0 amide bonds. The van der Waals surface area contributed by atoms with E-state index in [0.29, 0.717) is 19.4 Å². The third-order valence-corrected chi connectivity index (χ3v) is 4.14. The van der Waals surface area contributed by atoms with Crippen LogP contribution in [0.2, 0.25) is 0 Å². The first kappa shape index (κ1) is 15.8. The summed E-state index contributed by atoms with van der Waals surface area (Å²) in [5, 5.41) is 0. The number of carbonyl (C=O) groups is 1. The molecule has 1 heterocycles. The lowest BCUT2D eigenvalue weighted by Gasteiger charge is -2.16. The van der Waals surface area contributed by atoms with Gasteiger partial charge in [-0.2, -0.15) is 0 Å². The molecule has 0 aliphatic carbocycles. The summed E-state index contributed by atoms with van der Waals surface area (Å²) in [7, 11) is 1.65. The molecule has 2 atom stereocenters. The highest BCUT2D eigenvalue weighted by Crippen LogP contribution is 2.54. The second-order valence-electron chi connectivity index (χ2n) is 5.62. The molecular formula is C17H24O4. The van der Waals surface area contributed by atoms with E-state index in [4.69, 9.17) is 14.2 Å². The van der Waals surface area contributed by atoms with Gasteiger partial charge in [-0.25, -0.2) is 4.79 Å². The van der Waals surface area contributed by atoms with Gasteiger partial charge in [0, 0.05) is 6.42 Å². The molecule has 2 unspecified atom stereocenters. The molecule has 4 heteroatoms. The Bertz CT molecular complexity index is 513. The highest BCUT2D eigenvalue weighted by molar-refractivity contribution is 5.85. The number of hydrogen-bond donors (Lipinski definition) is 0. The molecule has 1 aliphatic heterocycles. The van der Waals surface area contributed by atoms with Gasteiger partial charge in [0.15, 0.2) is 5.60 Å². The maximum atomic E-state index is 12.3. The minimum Gasteiger partial charge on any atom is -0.496 e. The standard InChI is InChI=1S/C17H24O4/c1-5-11-17(15(18)20-6-2)16(3,21-17)12-13-9-7-8-10-14(13)19-4/h7-10H,5-6,11-12H2,1-4H3. The maximum absolute atomic E-state index is 12.3. The van der Waals surface area contributed by atoms with Gasteiger partial charge in [-0.3, -0.25) is 0 Å². The number of hydrogen-bond acceptors (Lipinski definition) is 4. The van der Waals surface area contributed by atoms with Crippen LogP contribution in [0.3, 0.4) is 0 Å². The van der Waals surface area contributed by atoms with Crippen LogP contribution >= 0.6 is 0 Å². The van der Waals surface area contributed by atoms with Gasteiger partial charge < -0.3 is 14.2 Å². The van der Waals surface area contributed by atoms with Crippen molar-refractivity contribution in [2.75, 3.05) is 13.7 Å². The monoisotopic (exact) mass is 292 g/mol. The Balaban J connectivity index is 2.21. The molecule has 0 aromatic heterocycles. The van der Waals surface area contributed by atoms with Crippen LogP contribution in [0, 0.1) is 0 Å². The third-order valence-electron chi connectivity index (χ3n) is 4.14. The molecule has 4 nitrogen and oxygen atoms in total. The topological polar surface area (TPSA) is 48.1 Å². The van der Waals surface area contributed by atoms with Crippen molar-refractivity contribution >= 4 is 5.97 Å². The Labute approximate surface area is 126 Å². The average Bonchev–Trinajstić information content (AvgIpc) is 3.05. The van der Waals surface area contributed by atoms with Crippen LogP contribution in [0.1, 0.15) is 39.2 Å². The fraction of sp³-hybridized carbons (Fsp3) is 0.588. The molecule has 0 N–H and O–H groups in total. The van der Waals surface area contributed by atoms with Gasteiger partial charge in [0.2, 0.25) is 0 Å². The molecule has 2 rings (SSSR count). The van der Waals surface area contributed by atoms with Crippen molar-refractivity contribution < 1.29 is 19.0 Å². The Hall–Kier alpha value is -1.55. The van der Waals surface area contributed by atoms with E-state index in [-0.39, 0.29) is 5.97 Å². The smallest absolute Gasteiger partial charge is 0.341 e. The lowest BCUT2D eigenvalue weighted by molar-refractivity contribution is -0.149. The molecule has 1 fully saturated rings. The zero-order valence-electron chi connectivity index (χ0n) is 13.3. The second-order valence-corrected chi connectivity index (χ2v) is 5.62. The van der Waals surface area contributed by atoms with Crippen LogP contribution < -0.4 is 4.74 Å². The van der Waals surface area contributed by atoms with Crippen molar-refractivity contribution in [2.45, 2.75) is 51.2 Å². The molecule has 1 aliphatic rings. The fourth-order valence-corrected chi connectivity index (χ4v) is 3.03. The number of epoxide rings is 1. The first-order valence-corrected chi connectivity index (χ1v) is 7.52. The number of ether oxygens (including phenoxy) is 3. The largest absolute Gasteiger partial charge is 0.496 e. The molecule has 0 bridgehead atoms. The Morgan fingerprint density at radius 2 is 2.00 bits per heavy atom. The highest BCUT2D eigenvalue weighted by atomic mass is 16.7. The number of carbonyl (C=O) groups excluding carboxylic acids is 1. The molecule has 0 radical (unpaired) electrons. The van der Waals surface area contributed by atoms with Gasteiger partial charge in [0.1, 0.15) is 11.4 Å². The molecule has 0 spiro atoms. The number of benzene rings is 1. The van der Waals surface area contributed by atoms with Crippen molar-refractivity contribution in [2.24, 2.45) is 0 Å². The lowest BCUT2D eigenvalue weighted by Crippen LogP contribution is -2.35. The number of esters is 1. The van der Waals surface area contributed by atoms with Crippen molar-refractivity contribution in [3.63, 3.8) is 0 Å². The van der Waals surface area contributed by atoms with Crippen molar-refractivity contribution in [3.8, 4) is 5.75 Å². The lowest BCUT2D eigenvalue weighted by atomic mass is 9.85. The predicted molar refractivity (Wildman–Crippen MR) is 80.5 cm³/mol. The summed E-state index contributed by atoms with van der Waals surface area (Å²) in [5.41, 5.74) is -0.285. The zero-order valence-corrected chi connectivity index (χ0v) is 13.3. The Kier molecular flexibility index (Phi) is 4.57. The van der Waals surface area contributed by atoms with Crippen LogP contribution in [-0.4, -0.2) is 30.9 Å². The van der Waals surface area contributed by atoms with E-state index in [1.807, 2.05) is 45.0 Å². The van der Waals surface area contributed by atoms with E-state index in [9.17, 15) is 4.79 Å². The van der Waals surface area contributed by atoms with Crippen LogP contribution in [0.5, 0.6) is 5.75 Å². The van der Waals surface area contributed by atoms with Gasteiger partial charge in [0.25, 0.3) is 0 Å². The van der Waals surface area contributed by atoms with E-state index >= 15 is 0 Å². The van der Waals surface area contributed by atoms with Crippen LogP contribution in [-0.2, 0) is 20.7 Å². The van der Waals surface area contributed by atoms with Crippen molar-refractivity contribution in [1.29, 1.82) is 0 Å². The first-order valence-electron chi connectivity index (χ1n) is 7.52. The zero-order chi connectivity index (χ0) is 15.5. The van der Waals surface area contributed by atoms with Crippen LogP contribution in [0.4, 0.5) is 0 Å². The van der Waals surface area contributed by atoms with E-state index in [2.05, 4.69) is 0 Å². The summed E-state index contributed by atoms with van der Waals surface area (Å²) in [5.74, 6) is 0.577. The summed E-state index contributed by atoms with van der Waals surface area (Å²) in [6, 6.07) is 7.83. The van der Waals surface area contributed by atoms with Gasteiger partial charge >= 0.3 is 5.97 Å². The van der Waals surface area contributed by atoms with Crippen LogP contribution in [0.15, 0.2) is 24.3 Å². The normalized spacial score (nSPS) is 27.2. The number of para-hydroxylation sites is 1. The van der Waals surface area contributed by atoms with Crippen LogP contribution in [0.25, 0.3) is 0 Å². The second kappa shape index (κ2) is 6.06. The first-order chi connectivity index (χ1) is 10.0. The van der Waals surface area contributed by atoms with Crippen molar-refractivity contribution in [1.82, 2.24) is 0 Å². The molecule has 116 valence electrons. The summed E-state index contributed by atoms with van der Waals surface area (Å²) in [4.78, 5) is 12.3. The predicted octanol–water partition coefficient (Wildman–Crippen LogP) is 3.13. The highest BCUT2D eigenvalue weighted by Gasteiger charge is 2.72. The molecule has 1 aromatic rings. The number of methoxy groups -OCH3 is 1. The maximum Gasteiger partial charge on any atom is 0.341 e. The van der Waals surface area contributed by atoms with Gasteiger partial charge in [-0.05, 0) is 31.9 Å². The minimum absolute atomic E-state index is 0.246. The quantitative estimate of drug-likeness (QED) is 0.572. The van der Waals surface area contributed by atoms with Gasteiger partial charge in [-0.1, -0.05) is 31.5 Å². The average molecular weight is 292 g/mol. The third kappa shape index (κ3) is 2.77. The van der Waals surface area contributed by atoms with Gasteiger partial charge in [-0.15, -0.1) is 0 Å². The van der Waals surface area contributed by atoms with Crippen molar-refractivity contribution in [3.05, 3.63) is 29.8 Å². The minimum atomic E-state index is -0.807. The Morgan fingerprint density at radius 3 is 2.62 bits per heavy atom. The SMILES string of the molecule is CCCC1(C(=O)OCC)OC1(C)Cc1ccccc1OC. The molecule has 1 saturated heterocycles. The van der Waals surface area contributed by atoms with E-state index in [1.54, 1.807) is 7.11 Å². The Morgan fingerprint density at radius 1 is 1.29 bits per heavy atom. The summed E-state index contributed by atoms with van der Waals surface area (Å²) < 4.78 is 16.5. The molecule has 21 heavy (non-hydrogen) atoms. The summed E-state index contributed by atoms with van der Waals surface area (Å²) in [6.45, 7) is 6.22. The van der Waals surface area contributed by atoms with E-state index < -0.39 is 11.2 Å².